The van der Waals surface area contributed by atoms with Crippen molar-refractivity contribution in [3.8, 4) is 11.8 Å². The van der Waals surface area contributed by atoms with E-state index in [0.717, 1.165) is 23.7 Å². The van der Waals surface area contributed by atoms with Crippen LogP contribution in [0.5, 0.6) is 0 Å². The number of hydrogen-bond donors (Lipinski definition) is 4. The molecule has 3 aromatic rings. The fourth-order valence-corrected chi connectivity index (χ4v) is 5.78. The van der Waals surface area contributed by atoms with Gasteiger partial charge in [0.2, 0.25) is 5.91 Å². The molecule has 0 bridgehead atoms. The lowest BCUT2D eigenvalue weighted by Gasteiger charge is -2.32. The highest BCUT2D eigenvalue weighted by molar-refractivity contribution is 7.90. The van der Waals surface area contributed by atoms with Gasteiger partial charge in [0.1, 0.15) is 6.54 Å². The molecule has 1 saturated heterocycles. The van der Waals surface area contributed by atoms with Crippen LogP contribution in [0.15, 0.2) is 53.4 Å². The number of carboxylic acid groups (broad SMARTS) is 1. The monoisotopic (exact) mass is 647 g/mol. The van der Waals surface area contributed by atoms with Crippen molar-refractivity contribution < 1.29 is 36.3 Å². The first kappa shape index (κ1) is 33.7. The molecule has 0 radical (unpaired) electrons. The summed E-state index contributed by atoms with van der Waals surface area (Å²) in [5.41, 5.74) is 1.95. The van der Waals surface area contributed by atoms with E-state index in [0.29, 0.717) is 48.3 Å². The van der Waals surface area contributed by atoms with Crippen molar-refractivity contribution in [1.82, 2.24) is 14.8 Å². The Labute approximate surface area is 259 Å². The molecule has 0 unspecified atom stereocenters. The number of rotatable bonds is 12. The second-order valence-electron chi connectivity index (χ2n) is 11.0. The van der Waals surface area contributed by atoms with Gasteiger partial charge in [-0.25, -0.2) is 8.42 Å². The predicted molar refractivity (Wildman–Crippen MR) is 166 cm³/mol. The van der Waals surface area contributed by atoms with Gasteiger partial charge in [0.25, 0.3) is 0 Å². The molecule has 1 aliphatic rings. The molecule has 4 N–H and O–H groups in total. The molecule has 0 atom stereocenters. The van der Waals surface area contributed by atoms with E-state index in [4.69, 9.17) is 5.11 Å². The van der Waals surface area contributed by atoms with Gasteiger partial charge in [-0.2, -0.15) is 13.2 Å². The number of aliphatic carboxylic acids is 1. The minimum absolute atomic E-state index is 0.000327. The zero-order valence-electron chi connectivity index (χ0n) is 24.8. The van der Waals surface area contributed by atoms with Crippen LogP contribution in [0.4, 0.5) is 24.5 Å². The lowest BCUT2D eigenvalue weighted by molar-refractivity contribution is -0.140. The number of carbonyl (C=O) groups is 2. The number of halogens is 3. The average molecular weight is 648 g/mol. The van der Waals surface area contributed by atoms with Crippen LogP contribution in [-0.2, 0) is 26.0 Å². The SMILES string of the molecule is CS(=O)(=O)c1ccc(NCC#Cc2cc3c(NC4CCN(CC(=O)NCCCC(=O)O)CC4)cccc3n2CC(F)(F)F)cc1. The fourth-order valence-electron chi connectivity index (χ4n) is 5.15. The zero-order chi connectivity index (χ0) is 32.6. The fraction of sp³-hybridized carbons (Fsp3) is 0.419. The van der Waals surface area contributed by atoms with Gasteiger partial charge < -0.3 is 25.6 Å². The third-order valence-corrected chi connectivity index (χ3v) is 8.50. The Kier molecular flexibility index (Phi) is 11.0. The maximum absolute atomic E-state index is 13.6. The quantitative estimate of drug-likeness (QED) is 0.172. The first-order valence-electron chi connectivity index (χ1n) is 14.5. The van der Waals surface area contributed by atoms with Crippen LogP contribution in [0.3, 0.4) is 0 Å². The minimum Gasteiger partial charge on any atom is -0.481 e. The van der Waals surface area contributed by atoms with E-state index >= 15 is 0 Å². The summed E-state index contributed by atoms with van der Waals surface area (Å²) in [5, 5.41) is 18.6. The van der Waals surface area contributed by atoms with Crippen LogP contribution in [0, 0.1) is 11.8 Å². The highest BCUT2D eigenvalue weighted by Crippen LogP contribution is 2.31. The van der Waals surface area contributed by atoms with Crippen LogP contribution < -0.4 is 16.0 Å². The van der Waals surface area contributed by atoms with Gasteiger partial charge in [0, 0.05) is 55.1 Å². The van der Waals surface area contributed by atoms with Gasteiger partial charge in [0.05, 0.1) is 29.2 Å². The predicted octanol–water partition coefficient (Wildman–Crippen LogP) is 3.93. The smallest absolute Gasteiger partial charge is 0.406 e. The number of amides is 1. The number of alkyl halides is 3. The molecule has 242 valence electrons. The van der Waals surface area contributed by atoms with Crippen LogP contribution in [0.2, 0.25) is 0 Å². The first-order valence-corrected chi connectivity index (χ1v) is 16.4. The van der Waals surface area contributed by atoms with Crippen molar-refractivity contribution >= 4 is 44.0 Å². The van der Waals surface area contributed by atoms with Gasteiger partial charge in [0.15, 0.2) is 9.84 Å². The molecule has 0 spiro atoms. The maximum Gasteiger partial charge on any atom is 0.406 e. The summed E-state index contributed by atoms with van der Waals surface area (Å²) in [6.45, 7) is 0.790. The van der Waals surface area contributed by atoms with E-state index in [2.05, 4.69) is 27.8 Å². The van der Waals surface area contributed by atoms with Crippen LogP contribution >= 0.6 is 0 Å². The van der Waals surface area contributed by atoms with Crippen molar-refractivity contribution in [2.75, 3.05) is 49.6 Å². The standard InChI is InChI=1S/C31H36F3N5O5S/c1-45(43,44)25-11-9-22(10-12-25)35-15-3-5-24-19-26-27(6-2-7-28(26)39(24)21-31(32,33)34)37-23-13-17-38(18-14-23)20-29(40)36-16-4-8-30(41)42/h2,6-7,9-12,19,23,35,37H,4,8,13-18,20-21H2,1H3,(H,36,40)(H,41,42). The van der Waals surface area contributed by atoms with Crippen LogP contribution in [0.1, 0.15) is 31.4 Å². The summed E-state index contributed by atoms with van der Waals surface area (Å²) in [7, 11) is -3.33. The molecule has 4 rings (SSSR count). The number of anilines is 2. The Morgan fingerprint density at radius 2 is 1.80 bits per heavy atom. The molecule has 2 heterocycles. The summed E-state index contributed by atoms with van der Waals surface area (Å²) in [5.74, 6) is 4.68. The van der Waals surface area contributed by atoms with Crippen molar-refractivity contribution in [3.63, 3.8) is 0 Å². The molecule has 0 aliphatic carbocycles. The number of piperidine rings is 1. The van der Waals surface area contributed by atoms with Crippen molar-refractivity contribution in [3.05, 3.63) is 54.2 Å². The maximum atomic E-state index is 13.6. The van der Waals surface area contributed by atoms with E-state index in [9.17, 15) is 31.2 Å². The lowest BCUT2D eigenvalue weighted by Crippen LogP contribution is -2.44. The second kappa shape index (κ2) is 14.7. The van der Waals surface area contributed by atoms with Crippen molar-refractivity contribution in [1.29, 1.82) is 0 Å². The number of carbonyl (C=O) groups excluding carboxylic acids is 1. The summed E-state index contributed by atoms with van der Waals surface area (Å²) in [6.07, 6.45) is -1.51. The third-order valence-electron chi connectivity index (χ3n) is 7.37. The lowest BCUT2D eigenvalue weighted by atomic mass is 10.0. The molecule has 10 nitrogen and oxygen atoms in total. The van der Waals surface area contributed by atoms with Gasteiger partial charge in [-0.1, -0.05) is 12.0 Å². The largest absolute Gasteiger partial charge is 0.481 e. The topological polar surface area (TPSA) is 133 Å². The molecule has 0 saturated carbocycles. The van der Waals surface area contributed by atoms with E-state index in [-0.39, 0.29) is 42.0 Å². The molecule has 45 heavy (non-hydrogen) atoms. The van der Waals surface area contributed by atoms with Crippen molar-refractivity contribution in [2.45, 2.75) is 49.3 Å². The number of carboxylic acids is 1. The Morgan fingerprint density at radius 3 is 2.44 bits per heavy atom. The Bertz CT molecular complexity index is 1670. The molecule has 2 aromatic carbocycles. The molecular weight excluding hydrogens is 611 g/mol. The molecule has 14 heteroatoms. The second-order valence-corrected chi connectivity index (χ2v) is 13.0. The third kappa shape index (κ3) is 10.2. The van der Waals surface area contributed by atoms with E-state index in [1.165, 1.54) is 12.1 Å². The minimum atomic E-state index is -4.46. The Balaban J connectivity index is 1.40. The summed E-state index contributed by atoms with van der Waals surface area (Å²) < 4.78 is 65.2. The molecular formula is C31H36F3N5O5S. The number of likely N-dealkylation sites (tertiary alicyclic amines) is 1. The van der Waals surface area contributed by atoms with Gasteiger partial charge in [-0.05, 0) is 67.6 Å². The molecule has 1 aromatic heterocycles. The summed E-state index contributed by atoms with van der Waals surface area (Å²) in [4.78, 5) is 25.0. The number of nitrogens with zero attached hydrogens (tertiary/aromatic N) is 2. The van der Waals surface area contributed by atoms with E-state index in [1.54, 1.807) is 30.3 Å². The number of nitrogens with one attached hydrogen (secondary N) is 3. The molecule has 1 amide bonds. The number of sulfone groups is 1. The summed E-state index contributed by atoms with van der Waals surface area (Å²) in [6, 6.07) is 13.0. The normalized spacial score (nSPS) is 14.5. The van der Waals surface area contributed by atoms with E-state index < -0.39 is 28.5 Å². The number of benzene rings is 2. The Morgan fingerprint density at radius 1 is 1.09 bits per heavy atom. The van der Waals surface area contributed by atoms with Crippen LogP contribution in [-0.4, -0.2) is 86.1 Å². The van der Waals surface area contributed by atoms with Crippen LogP contribution in [0.25, 0.3) is 10.9 Å². The van der Waals surface area contributed by atoms with Crippen molar-refractivity contribution in [2.24, 2.45) is 0 Å². The van der Waals surface area contributed by atoms with Gasteiger partial charge in [-0.15, -0.1) is 0 Å². The Hall–Kier alpha value is -4.22. The van der Waals surface area contributed by atoms with Gasteiger partial charge in [-0.3, -0.25) is 14.5 Å². The van der Waals surface area contributed by atoms with Gasteiger partial charge >= 0.3 is 12.1 Å². The molecule has 1 fully saturated rings. The molecule has 1 aliphatic heterocycles. The zero-order valence-corrected chi connectivity index (χ0v) is 25.6. The first-order chi connectivity index (χ1) is 21.3. The number of hydrogen-bond acceptors (Lipinski definition) is 7. The number of aromatic nitrogens is 1. The van der Waals surface area contributed by atoms with E-state index in [1.807, 2.05) is 11.0 Å². The number of fused-ring (bicyclic) bond motifs is 1. The highest BCUT2D eigenvalue weighted by Gasteiger charge is 2.30. The highest BCUT2D eigenvalue weighted by atomic mass is 32.2. The average Bonchev–Trinajstić information content (AvgIpc) is 3.31. The summed E-state index contributed by atoms with van der Waals surface area (Å²) >= 11 is 0.